The Labute approximate surface area is 97.3 Å². The number of nitrogens with one attached hydrogen (secondary N) is 1. The quantitative estimate of drug-likeness (QED) is 0.778. The standard InChI is InChI=1S/C9H12ClN5O/c1-5(16)3-11-7-6-8(12-4-15(6)2)14-9(10)13-7/h4-5,16H,3H2,1-2H3,(H,11,13,14). The number of aliphatic hydroxyl groups excluding tert-OH is 1. The zero-order valence-corrected chi connectivity index (χ0v) is 9.73. The summed E-state index contributed by atoms with van der Waals surface area (Å²) >= 11 is 5.77. The number of halogens is 1. The predicted octanol–water partition coefficient (Wildman–Crippen LogP) is 0.809. The highest BCUT2D eigenvalue weighted by Gasteiger charge is 2.11. The Hall–Kier alpha value is -1.40. The summed E-state index contributed by atoms with van der Waals surface area (Å²) in [5.74, 6) is 0.580. The van der Waals surface area contributed by atoms with Gasteiger partial charge in [0.1, 0.15) is 5.52 Å². The number of fused-ring (bicyclic) bond motifs is 1. The molecule has 0 aliphatic rings. The largest absolute Gasteiger partial charge is 0.392 e. The summed E-state index contributed by atoms with van der Waals surface area (Å²) in [7, 11) is 1.85. The van der Waals surface area contributed by atoms with Gasteiger partial charge in [0.15, 0.2) is 11.5 Å². The molecule has 7 heteroatoms. The van der Waals surface area contributed by atoms with Gasteiger partial charge in [-0.05, 0) is 18.5 Å². The average molecular weight is 242 g/mol. The van der Waals surface area contributed by atoms with Crippen molar-refractivity contribution < 1.29 is 5.11 Å². The molecule has 2 N–H and O–H groups in total. The molecule has 2 heterocycles. The van der Waals surface area contributed by atoms with Crippen LogP contribution in [-0.2, 0) is 7.05 Å². The monoisotopic (exact) mass is 241 g/mol. The Morgan fingerprint density at radius 2 is 2.31 bits per heavy atom. The lowest BCUT2D eigenvalue weighted by molar-refractivity contribution is 0.208. The second-order valence-corrected chi connectivity index (χ2v) is 3.94. The van der Waals surface area contributed by atoms with E-state index in [9.17, 15) is 5.11 Å². The number of nitrogens with zero attached hydrogens (tertiary/aromatic N) is 4. The molecule has 2 aromatic heterocycles. The smallest absolute Gasteiger partial charge is 0.226 e. The van der Waals surface area contributed by atoms with Crippen molar-refractivity contribution in [3.05, 3.63) is 11.6 Å². The lowest BCUT2D eigenvalue weighted by atomic mass is 10.4. The van der Waals surface area contributed by atoms with Gasteiger partial charge in [-0.2, -0.15) is 9.97 Å². The predicted molar refractivity (Wildman–Crippen MR) is 61.5 cm³/mol. The lowest BCUT2D eigenvalue weighted by Crippen LogP contribution is -2.16. The van der Waals surface area contributed by atoms with E-state index in [4.69, 9.17) is 11.6 Å². The van der Waals surface area contributed by atoms with Gasteiger partial charge in [-0.15, -0.1) is 0 Å². The maximum atomic E-state index is 9.21. The van der Waals surface area contributed by atoms with Crippen molar-refractivity contribution >= 4 is 28.6 Å². The fourth-order valence-corrected chi connectivity index (χ4v) is 1.56. The Morgan fingerprint density at radius 1 is 1.56 bits per heavy atom. The van der Waals surface area contributed by atoms with E-state index in [2.05, 4.69) is 20.3 Å². The number of aromatic nitrogens is 4. The number of imidazole rings is 1. The molecule has 0 fully saturated rings. The van der Waals surface area contributed by atoms with Crippen molar-refractivity contribution in [2.45, 2.75) is 13.0 Å². The zero-order valence-electron chi connectivity index (χ0n) is 8.98. The number of aliphatic hydroxyl groups is 1. The van der Waals surface area contributed by atoms with Crippen LogP contribution in [0.1, 0.15) is 6.92 Å². The minimum atomic E-state index is -0.461. The molecule has 0 aromatic carbocycles. The molecule has 2 rings (SSSR count). The van der Waals surface area contributed by atoms with Crippen LogP contribution in [0.2, 0.25) is 5.28 Å². The highest BCUT2D eigenvalue weighted by atomic mass is 35.5. The third-order valence-corrected chi connectivity index (χ3v) is 2.28. The van der Waals surface area contributed by atoms with Gasteiger partial charge < -0.3 is 15.0 Å². The maximum Gasteiger partial charge on any atom is 0.226 e. The second kappa shape index (κ2) is 4.23. The molecule has 6 nitrogen and oxygen atoms in total. The zero-order chi connectivity index (χ0) is 11.7. The lowest BCUT2D eigenvalue weighted by Gasteiger charge is -2.09. The number of hydrogen-bond donors (Lipinski definition) is 2. The van der Waals surface area contributed by atoms with E-state index >= 15 is 0 Å². The van der Waals surface area contributed by atoms with Crippen LogP contribution < -0.4 is 5.32 Å². The topological polar surface area (TPSA) is 75.9 Å². The van der Waals surface area contributed by atoms with E-state index in [-0.39, 0.29) is 5.28 Å². The molecule has 0 amide bonds. The van der Waals surface area contributed by atoms with E-state index in [1.807, 2.05) is 7.05 Å². The van der Waals surface area contributed by atoms with Crippen molar-refractivity contribution in [2.24, 2.45) is 7.05 Å². The number of aryl methyl sites for hydroxylation is 1. The number of rotatable bonds is 3. The van der Waals surface area contributed by atoms with Crippen molar-refractivity contribution in [1.82, 2.24) is 19.5 Å². The first-order valence-corrected chi connectivity index (χ1v) is 5.22. The Morgan fingerprint density at radius 3 is 3.00 bits per heavy atom. The Balaban J connectivity index is 2.45. The normalized spacial score (nSPS) is 13.0. The molecule has 86 valence electrons. The summed E-state index contributed by atoms with van der Waals surface area (Å²) in [6.45, 7) is 2.09. The van der Waals surface area contributed by atoms with Gasteiger partial charge in [0.05, 0.1) is 12.4 Å². The molecule has 0 saturated heterocycles. The van der Waals surface area contributed by atoms with Crippen LogP contribution >= 0.6 is 11.6 Å². The number of hydrogen-bond acceptors (Lipinski definition) is 5. The van der Waals surface area contributed by atoms with Crippen LogP contribution in [0.25, 0.3) is 11.2 Å². The second-order valence-electron chi connectivity index (χ2n) is 3.60. The summed E-state index contributed by atoms with van der Waals surface area (Å²) in [6.07, 6.45) is 1.18. The fraction of sp³-hybridized carbons (Fsp3) is 0.444. The molecule has 0 spiro atoms. The average Bonchev–Trinajstić information content (AvgIpc) is 2.56. The summed E-state index contributed by atoms with van der Waals surface area (Å²) < 4.78 is 1.80. The minimum absolute atomic E-state index is 0.138. The first-order chi connectivity index (χ1) is 7.58. The SMILES string of the molecule is CC(O)CNc1nc(Cl)nc2ncn(C)c12. The summed E-state index contributed by atoms with van der Waals surface area (Å²) in [5, 5.41) is 12.4. The molecule has 0 aliphatic heterocycles. The fourth-order valence-electron chi connectivity index (χ4n) is 1.40. The van der Waals surface area contributed by atoms with Gasteiger partial charge in [-0.1, -0.05) is 0 Å². The van der Waals surface area contributed by atoms with Crippen LogP contribution in [-0.4, -0.2) is 37.3 Å². The molecule has 0 radical (unpaired) electrons. The Bertz CT molecular complexity index is 510. The van der Waals surface area contributed by atoms with Gasteiger partial charge in [0, 0.05) is 13.6 Å². The first kappa shape index (κ1) is 11.1. The molecule has 16 heavy (non-hydrogen) atoms. The summed E-state index contributed by atoms with van der Waals surface area (Å²) in [5.41, 5.74) is 1.31. The van der Waals surface area contributed by atoms with Crippen molar-refractivity contribution in [3.8, 4) is 0 Å². The van der Waals surface area contributed by atoms with Crippen LogP contribution in [0.3, 0.4) is 0 Å². The molecular weight excluding hydrogens is 230 g/mol. The van der Waals surface area contributed by atoms with Crippen LogP contribution in [0.15, 0.2) is 6.33 Å². The molecular formula is C9H12ClN5O. The van der Waals surface area contributed by atoms with Gasteiger partial charge in [-0.3, -0.25) is 0 Å². The van der Waals surface area contributed by atoms with E-state index in [1.54, 1.807) is 17.8 Å². The molecule has 1 atom stereocenters. The van der Waals surface area contributed by atoms with Crippen LogP contribution in [0.4, 0.5) is 5.82 Å². The molecule has 1 unspecified atom stereocenters. The molecule has 0 bridgehead atoms. The number of anilines is 1. The van der Waals surface area contributed by atoms with Crippen molar-refractivity contribution in [3.63, 3.8) is 0 Å². The third kappa shape index (κ3) is 2.07. The third-order valence-electron chi connectivity index (χ3n) is 2.11. The van der Waals surface area contributed by atoms with Gasteiger partial charge in [0.2, 0.25) is 5.28 Å². The highest BCUT2D eigenvalue weighted by Crippen LogP contribution is 2.20. The minimum Gasteiger partial charge on any atom is -0.392 e. The van der Waals surface area contributed by atoms with E-state index < -0.39 is 6.10 Å². The van der Waals surface area contributed by atoms with Crippen LogP contribution in [0.5, 0.6) is 0 Å². The van der Waals surface area contributed by atoms with Crippen LogP contribution in [0, 0.1) is 0 Å². The van der Waals surface area contributed by atoms with Gasteiger partial charge >= 0.3 is 0 Å². The molecule has 2 aromatic rings. The first-order valence-electron chi connectivity index (χ1n) is 4.84. The van der Waals surface area contributed by atoms with Gasteiger partial charge in [-0.25, -0.2) is 4.98 Å². The molecule has 0 aliphatic carbocycles. The van der Waals surface area contributed by atoms with E-state index in [1.165, 1.54) is 0 Å². The highest BCUT2D eigenvalue weighted by molar-refractivity contribution is 6.28. The van der Waals surface area contributed by atoms with Crippen molar-refractivity contribution in [2.75, 3.05) is 11.9 Å². The van der Waals surface area contributed by atoms with E-state index in [0.29, 0.717) is 18.0 Å². The van der Waals surface area contributed by atoms with E-state index in [0.717, 1.165) is 5.52 Å². The Kier molecular flexibility index (Phi) is 2.93. The van der Waals surface area contributed by atoms with Gasteiger partial charge in [0.25, 0.3) is 0 Å². The molecule has 0 saturated carbocycles. The summed E-state index contributed by atoms with van der Waals surface area (Å²) in [6, 6.07) is 0. The summed E-state index contributed by atoms with van der Waals surface area (Å²) in [4.78, 5) is 12.2. The maximum absolute atomic E-state index is 9.21. The van der Waals surface area contributed by atoms with Crippen molar-refractivity contribution in [1.29, 1.82) is 0 Å².